The molecule has 1 amide bonds. The summed E-state index contributed by atoms with van der Waals surface area (Å²) in [6.45, 7) is 6.40. The molecule has 3 nitrogen and oxygen atoms in total. The monoisotopic (exact) mass is 208 g/mol. The summed E-state index contributed by atoms with van der Waals surface area (Å²) in [5.41, 5.74) is 0. The minimum absolute atomic E-state index is 0.0401. The topological polar surface area (TPSA) is 32.3 Å². The van der Waals surface area contributed by atoms with E-state index in [0.717, 1.165) is 38.9 Å². The largest absolute Gasteiger partial charge is 0.340 e. The highest BCUT2D eigenvalue weighted by molar-refractivity contribution is 5.82. The number of nitrogens with zero attached hydrogens (tertiary/aromatic N) is 1. The van der Waals surface area contributed by atoms with Gasteiger partial charge in [0, 0.05) is 19.5 Å². The Bertz CT molecular complexity index is 263. The maximum absolute atomic E-state index is 11.9. The Morgan fingerprint density at radius 2 is 2.40 bits per heavy atom. The molecule has 0 spiro atoms. The summed E-state index contributed by atoms with van der Waals surface area (Å²) in [5, 5.41) is 3.23. The van der Waals surface area contributed by atoms with Crippen LogP contribution in [-0.4, -0.2) is 36.5 Å². The lowest BCUT2D eigenvalue weighted by atomic mass is 10.0. The van der Waals surface area contributed by atoms with Crippen LogP contribution >= 0.6 is 0 Å². The molecule has 84 valence electrons. The summed E-state index contributed by atoms with van der Waals surface area (Å²) in [6, 6.07) is 0.0401. The van der Waals surface area contributed by atoms with Crippen molar-refractivity contribution in [3.63, 3.8) is 0 Å². The molecule has 3 heteroatoms. The minimum atomic E-state index is 0.0401. The van der Waals surface area contributed by atoms with Crippen molar-refractivity contribution in [1.82, 2.24) is 10.2 Å². The van der Waals surface area contributed by atoms with E-state index in [2.05, 4.69) is 17.2 Å². The summed E-state index contributed by atoms with van der Waals surface area (Å²) >= 11 is 0. The van der Waals surface area contributed by atoms with E-state index in [0.29, 0.717) is 0 Å². The fourth-order valence-electron chi connectivity index (χ4n) is 1.91. The maximum atomic E-state index is 11.9. The SMILES string of the molecule is CC#CCCN1CCCC(NCC)C1=O. The first kappa shape index (κ1) is 12.1. The molecule has 1 aliphatic heterocycles. The third-order valence-electron chi connectivity index (χ3n) is 2.66. The first-order valence-corrected chi connectivity index (χ1v) is 5.71. The molecular formula is C12H20N2O. The van der Waals surface area contributed by atoms with Crippen molar-refractivity contribution < 1.29 is 4.79 Å². The van der Waals surface area contributed by atoms with Crippen molar-refractivity contribution in [3.8, 4) is 11.8 Å². The predicted molar refractivity (Wildman–Crippen MR) is 61.3 cm³/mol. The average Bonchev–Trinajstić information content (AvgIpc) is 2.24. The minimum Gasteiger partial charge on any atom is -0.340 e. The molecule has 1 rings (SSSR count). The number of amides is 1. The molecule has 1 N–H and O–H groups in total. The molecule has 0 saturated carbocycles. The van der Waals surface area contributed by atoms with Gasteiger partial charge >= 0.3 is 0 Å². The molecule has 15 heavy (non-hydrogen) atoms. The number of piperidine rings is 1. The van der Waals surface area contributed by atoms with E-state index in [1.807, 2.05) is 18.7 Å². The van der Waals surface area contributed by atoms with Crippen LogP contribution in [0.25, 0.3) is 0 Å². The Labute approximate surface area is 92.2 Å². The van der Waals surface area contributed by atoms with E-state index in [4.69, 9.17) is 0 Å². The van der Waals surface area contributed by atoms with Gasteiger partial charge in [0.1, 0.15) is 0 Å². The quantitative estimate of drug-likeness (QED) is 0.699. The van der Waals surface area contributed by atoms with E-state index in [1.165, 1.54) is 0 Å². The van der Waals surface area contributed by atoms with Gasteiger partial charge in [-0.25, -0.2) is 0 Å². The lowest BCUT2D eigenvalue weighted by Crippen LogP contribution is -2.50. The molecule has 1 unspecified atom stereocenters. The molecule has 0 bridgehead atoms. The van der Waals surface area contributed by atoms with Gasteiger partial charge in [0.2, 0.25) is 5.91 Å². The van der Waals surface area contributed by atoms with Crippen molar-refractivity contribution >= 4 is 5.91 Å². The summed E-state index contributed by atoms with van der Waals surface area (Å²) in [4.78, 5) is 13.9. The number of carbonyl (C=O) groups is 1. The number of likely N-dealkylation sites (tertiary alicyclic amines) is 1. The van der Waals surface area contributed by atoms with Crippen LogP contribution in [0, 0.1) is 11.8 Å². The zero-order valence-electron chi connectivity index (χ0n) is 9.68. The second kappa shape index (κ2) is 6.47. The van der Waals surface area contributed by atoms with Crippen LogP contribution in [0.3, 0.4) is 0 Å². The standard InChI is InChI=1S/C12H20N2O/c1-3-5-6-9-14-10-7-8-11(12(14)15)13-4-2/h11,13H,4,6-10H2,1-2H3. The Morgan fingerprint density at radius 1 is 1.60 bits per heavy atom. The Kier molecular flexibility index (Phi) is 5.20. The van der Waals surface area contributed by atoms with Crippen LogP contribution in [0.5, 0.6) is 0 Å². The normalized spacial score (nSPS) is 21.1. The molecule has 1 saturated heterocycles. The van der Waals surface area contributed by atoms with Crippen molar-refractivity contribution in [2.75, 3.05) is 19.6 Å². The number of likely N-dealkylation sites (N-methyl/N-ethyl adjacent to an activating group) is 1. The number of rotatable bonds is 4. The van der Waals surface area contributed by atoms with E-state index < -0.39 is 0 Å². The molecule has 0 aliphatic carbocycles. The van der Waals surface area contributed by atoms with Gasteiger partial charge in [0.15, 0.2) is 0 Å². The molecule has 1 aliphatic rings. The number of hydrogen-bond acceptors (Lipinski definition) is 2. The summed E-state index contributed by atoms with van der Waals surface area (Å²) in [7, 11) is 0. The molecule has 0 aromatic heterocycles. The van der Waals surface area contributed by atoms with Crippen molar-refractivity contribution in [3.05, 3.63) is 0 Å². The molecule has 1 heterocycles. The Hall–Kier alpha value is -1.01. The zero-order valence-corrected chi connectivity index (χ0v) is 9.68. The molecule has 0 aromatic carbocycles. The number of nitrogens with one attached hydrogen (secondary N) is 1. The fourth-order valence-corrected chi connectivity index (χ4v) is 1.91. The second-order valence-corrected chi connectivity index (χ2v) is 3.75. The molecule has 0 radical (unpaired) electrons. The zero-order chi connectivity index (χ0) is 11.1. The summed E-state index contributed by atoms with van der Waals surface area (Å²) in [6.07, 6.45) is 2.87. The second-order valence-electron chi connectivity index (χ2n) is 3.75. The lowest BCUT2D eigenvalue weighted by Gasteiger charge is -2.32. The van der Waals surface area contributed by atoms with Gasteiger partial charge in [-0.2, -0.15) is 0 Å². The van der Waals surface area contributed by atoms with Crippen LogP contribution in [0.15, 0.2) is 0 Å². The Morgan fingerprint density at radius 3 is 3.07 bits per heavy atom. The van der Waals surface area contributed by atoms with Crippen LogP contribution in [-0.2, 0) is 4.79 Å². The predicted octanol–water partition coefficient (Wildman–Crippen LogP) is 1.00. The van der Waals surface area contributed by atoms with Gasteiger partial charge in [-0.3, -0.25) is 4.79 Å². The average molecular weight is 208 g/mol. The van der Waals surface area contributed by atoms with E-state index in [-0.39, 0.29) is 11.9 Å². The fraction of sp³-hybridized carbons (Fsp3) is 0.750. The molecule has 1 atom stereocenters. The third kappa shape index (κ3) is 3.56. The van der Waals surface area contributed by atoms with Crippen LogP contribution < -0.4 is 5.32 Å². The van der Waals surface area contributed by atoms with E-state index in [1.54, 1.807) is 0 Å². The van der Waals surface area contributed by atoms with Gasteiger partial charge in [0.25, 0.3) is 0 Å². The Balaban J connectivity index is 2.42. The number of carbonyl (C=O) groups excluding carboxylic acids is 1. The molecule has 0 aromatic rings. The smallest absolute Gasteiger partial charge is 0.239 e. The number of hydrogen-bond donors (Lipinski definition) is 1. The first-order valence-electron chi connectivity index (χ1n) is 5.71. The van der Waals surface area contributed by atoms with Gasteiger partial charge in [-0.05, 0) is 26.3 Å². The summed E-state index contributed by atoms with van der Waals surface area (Å²) < 4.78 is 0. The van der Waals surface area contributed by atoms with Crippen LogP contribution in [0.4, 0.5) is 0 Å². The highest BCUT2D eigenvalue weighted by Crippen LogP contribution is 2.11. The molecule has 1 fully saturated rings. The van der Waals surface area contributed by atoms with Crippen molar-refractivity contribution in [2.24, 2.45) is 0 Å². The van der Waals surface area contributed by atoms with E-state index >= 15 is 0 Å². The molecular weight excluding hydrogens is 188 g/mol. The first-order chi connectivity index (χ1) is 7.29. The van der Waals surface area contributed by atoms with Crippen LogP contribution in [0.1, 0.15) is 33.1 Å². The third-order valence-corrected chi connectivity index (χ3v) is 2.66. The van der Waals surface area contributed by atoms with Gasteiger partial charge in [-0.15, -0.1) is 11.8 Å². The van der Waals surface area contributed by atoms with Crippen molar-refractivity contribution in [1.29, 1.82) is 0 Å². The van der Waals surface area contributed by atoms with E-state index in [9.17, 15) is 4.79 Å². The van der Waals surface area contributed by atoms with Gasteiger partial charge in [-0.1, -0.05) is 6.92 Å². The highest BCUT2D eigenvalue weighted by atomic mass is 16.2. The van der Waals surface area contributed by atoms with Crippen LogP contribution in [0.2, 0.25) is 0 Å². The van der Waals surface area contributed by atoms with Crippen molar-refractivity contribution in [2.45, 2.75) is 39.2 Å². The highest BCUT2D eigenvalue weighted by Gasteiger charge is 2.26. The summed E-state index contributed by atoms with van der Waals surface area (Å²) in [5.74, 6) is 6.10. The van der Waals surface area contributed by atoms with Gasteiger partial charge in [0.05, 0.1) is 6.04 Å². The maximum Gasteiger partial charge on any atom is 0.239 e. The van der Waals surface area contributed by atoms with Gasteiger partial charge < -0.3 is 10.2 Å². The lowest BCUT2D eigenvalue weighted by molar-refractivity contribution is -0.135.